The largest absolute Gasteiger partial charge is 0.354 e. The van der Waals surface area contributed by atoms with E-state index in [0.717, 1.165) is 24.2 Å². The Morgan fingerprint density at radius 1 is 1.11 bits per heavy atom. The smallest absolute Gasteiger partial charge is 0.226 e. The second kappa shape index (κ2) is 8.52. The summed E-state index contributed by atoms with van der Waals surface area (Å²) in [7, 11) is 0. The number of aromatic nitrogens is 4. The molecule has 1 aliphatic carbocycles. The molecule has 7 heteroatoms. The molecule has 3 aromatic rings. The first-order valence-electron chi connectivity index (χ1n) is 9.63. The molecule has 0 unspecified atom stereocenters. The van der Waals surface area contributed by atoms with Crippen LogP contribution in [0, 0.1) is 6.92 Å². The molecule has 0 spiro atoms. The molecule has 0 saturated heterocycles. The van der Waals surface area contributed by atoms with Crippen LogP contribution in [0.25, 0.3) is 11.2 Å². The molecule has 6 nitrogen and oxygen atoms in total. The molecular formula is C21H23ClN6. The number of aryl methyl sites for hydroxylation is 1. The highest BCUT2D eigenvalue weighted by molar-refractivity contribution is 6.31. The highest BCUT2D eigenvalue weighted by Gasteiger charge is 2.11. The monoisotopic (exact) mass is 394 g/mol. The topological polar surface area (TPSA) is 75.6 Å². The van der Waals surface area contributed by atoms with Crippen LogP contribution in [0.2, 0.25) is 5.02 Å². The van der Waals surface area contributed by atoms with Gasteiger partial charge in [0.25, 0.3) is 0 Å². The van der Waals surface area contributed by atoms with Crippen LogP contribution in [0.1, 0.15) is 37.7 Å². The van der Waals surface area contributed by atoms with Gasteiger partial charge in [0.2, 0.25) is 5.95 Å². The molecule has 0 atom stereocenters. The highest BCUT2D eigenvalue weighted by Crippen LogP contribution is 2.26. The fourth-order valence-electron chi connectivity index (χ4n) is 3.30. The molecule has 0 aliphatic heterocycles. The van der Waals surface area contributed by atoms with Crippen molar-refractivity contribution in [3.8, 4) is 0 Å². The lowest BCUT2D eigenvalue weighted by Gasteiger charge is -2.14. The van der Waals surface area contributed by atoms with E-state index in [9.17, 15) is 0 Å². The predicted molar refractivity (Wildman–Crippen MR) is 114 cm³/mol. The molecule has 2 aromatic heterocycles. The van der Waals surface area contributed by atoms with Crippen LogP contribution in [-0.4, -0.2) is 26.5 Å². The molecule has 1 aliphatic rings. The van der Waals surface area contributed by atoms with Gasteiger partial charge in [0.15, 0.2) is 17.0 Å². The van der Waals surface area contributed by atoms with Crippen LogP contribution in [0.4, 0.5) is 17.5 Å². The van der Waals surface area contributed by atoms with E-state index in [1.165, 1.54) is 31.3 Å². The SMILES string of the molecule is Cc1ccc(Nc2nc(NCCC3=CCCCC3)nc3nccnc23)cc1Cl. The molecule has 0 saturated carbocycles. The van der Waals surface area contributed by atoms with Gasteiger partial charge in [-0.1, -0.05) is 29.3 Å². The minimum Gasteiger partial charge on any atom is -0.354 e. The first-order valence-corrected chi connectivity index (χ1v) is 10.0. The van der Waals surface area contributed by atoms with Crippen molar-refractivity contribution >= 4 is 40.2 Å². The van der Waals surface area contributed by atoms with E-state index in [0.29, 0.717) is 28.0 Å². The van der Waals surface area contributed by atoms with Gasteiger partial charge >= 0.3 is 0 Å². The van der Waals surface area contributed by atoms with Crippen LogP contribution in [-0.2, 0) is 0 Å². The lowest BCUT2D eigenvalue weighted by molar-refractivity contribution is 0.679. The number of allylic oxidation sites excluding steroid dienone is 1. The summed E-state index contributed by atoms with van der Waals surface area (Å²) in [4.78, 5) is 17.9. The Labute approximate surface area is 169 Å². The van der Waals surface area contributed by atoms with Crippen LogP contribution < -0.4 is 10.6 Å². The number of halogens is 1. The molecule has 2 N–H and O–H groups in total. The molecule has 0 amide bonds. The van der Waals surface area contributed by atoms with Crippen molar-refractivity contribution in [1.29, 1.82) is 0 Å². The molecule has 2 heterocycles. The number of nitrogens with zero attached hydrogens (tertiary/aromatic N) is 4. The maximum absolute atomic E-state index is 6.25. The molecular weight excluding hydrogens is 372 g/mol. The first-order chi connectivity index (χ1) is 13.7. The Bertz CT molecular complexity index is 1020. The second-order valence-electron chi connectivity index (χ2n) is 7.00. The fraction of sp³-hybridized carbons (Fsp3) is 0.333. The van der Waals surface area contributed by atoms with Gasteiger partial charge in [0.05, 0.1) is 0 Å². The Hall–Kier alpha value is -2.73. The quantitative estimate of drug-likeness (QED) is 0.543. The molecule has 28 heavy (non-hydrogen) atoms. The van der Waals surface area contributed by atoms with Crippen molar-refractivity contribution in [2.75, 3.05) is 17.2 Å². The van der Waals surface area contributed by atoms with E-state index in [1.807, 2.05) is 25.1 Å². The number of hydrogen-bond acceptors (Lipinski definition) is 6. The number of fused-ring (bicyclic) bond motifs is 1. The summed E-state index contributed by atoms with van der Waals surface area (Å²) in [5, 5.41) is 7.34. The highest BCUT2D eigenvalue weighted by atomic mass is 35.5. The zero-order chi connectivity index (χ0) is 19.3. The summed E-state index contributed by atoms with van der Waals surface area (Å²) in [5.41, 5.74) is 4.57. The van der Waals surface area contributed by atoms with E-state index < -0.39 is 0 Å². The van der Waals surface area contributed by atoms with E-state index >= 15 is 0 Å². The minimum absolute atomic E-state index is 0.546. The lowest BCUT2D eigenvalue weighted by atomic mass is 9.97. The molecule has 0 radical (unpaired) electrons. The van der Waals surface area contributed by atoms with Gasteiger partial charge in [0, 0.05) is 29.6 Å². The fourth-order valence-corrected chi connectivity index (χ4v) is 3.48. The number of anilines is 3. The van der Waals surface area contributed by atoms with E-state index in [4.69, 9.17) is 11.6 Å². The van der Waals surface area contributed by atoms with Gasteiger partial charge in [-0.15, -0.1) is 0 Å². The third-order valence-corrected chi connectivity index (χ3v) is 5.29. The molecule has 4 rings (SSSR count). The van der Waals surface area contributed by atoms with E-state index in [2.05, 4.69) is 36.6 Å². The number of rotatable bonds is 6. The van der Waals surface area contributed by atoms with E-state index in [-0.39, 0.29) is 0 Å². The Kier molecular flexibility index (Phi) is 5.67. The third-order valence-electron chi connectivity index (χ3n) is 4.88. The molecule has 144 valence electrons. The number of benzene rings is 1. The van der Waals surface area contributed by atoms with Gasteiger partial charge < -0.3 is 10.6 Å². The third kappa shape index (κ3) is 4.39. The summed E-state index contributed by atoms with van der Waals surface area (Å²) >= 11 is 6.25. The number of nitrogens with one attached hydrogen (secondary N) is 2. The first kappa shape index (κ1) is 18.6. The zero-order valence-corrected chi connectivity index (χ0v) is 16.6. The van der Waals surface area contributed by atoms with Crippen molar-refractivity contribution in [3.05, 3.63) is 52.8 Å². The van der Waals surface area contributed by atoms with Gasteiger partial charge in [-0.05, 0) is 56.7 Å². The van der Waals surface area contributed by atoms with Crippen molar-refractivity contribution in [1.82, 2.24) is 19.9 Å². The van der Waals surface area contributed by atoms with Crippen molar-refractivity contribution in [2.45, 2.75) is 39.0 Å². The van der Waals surface area contributed by atoms with Gasteiger partial charge in [-0.2, -0.15) is 9.97 Å². The average Bonchev–Trinajstić information content (AvgIpc) is 2.72. The Morgan fingerprint density at radius 3 is 2.82 bits per heavy atom. The summed E-state index contributed by atoms with van der Waals surface area (Å²) in [5.74, 6) is 1.16. The van der Waals surface area contributed by atoms with Crippen LogP contribution in [0.15, 0.2) is 42.2 Å². The lowest BCUT2D eigenvalue weighted by Crippen LogP contribution is -2.09. The Balaban J connectivity index is 1.56. The van der Waals surface area contributed by atoms with Crippen LogP contribution in [0.5, 0.6) is 0 Å². The maximum Gasteiger partial charge on any atom is 0.226 e. The van der Waals surface area contributed by atoms with Crippen molar-refractivity contribution < 1.29 is 0 Å². The maximum atomic E-state index is 6.25. The second-order valence-corrected chi connectivity index (χ2v) is 7.41. The van der Waals surface area contributed by atoms with Crippen molar-refractivity contribution in [3.63, 3.8) is 0 Å². The zero-order valence-electron chi connectivity index (χ0n) is 15.9. The van der Waals surface area contributed by atoms with Gasteiger partial charge in [-0.3, -0.25) is 0 Å². The van der Waals surface area contributed by atoms with Crippen molar-refractivity contribution in [2.24, 2.45) is 0 Å². The molecule has 0 bridgehead atoms. The van der Waals surface area contributed by atoms with Crippen LogP contribution >= 0.6 is 11.6 Å². The minimum atomic E-state index is 0.546. The van der Waals surface area contributed by atoms with Gasteiger partial charge in [-0.25, -0.2) is 9.97 Å². The predicted octanol–water partition coefficient (Wildman–Crippen LogP) is 5.43. The standard InChI is InChI=1S/C21H23ClN6/c1-14-7-8-16(13-17(14)22)26-20-18-19(24-12-11-23-18)27-21(28-20)25-10-9-15-5-3-2-4-6-15/h5,7-8,11-13H,2-4,6,9-10H2,1H3,(H2,24,25,26,27,28). The summed E-state index contributed by atoms with van der Waals surface area (Å²) < 4.78 is 0. The van der Waals surface area contributed by atoms with Crippen LogP contribution in [0.3, 0.4) is 0 Å². The summed E-state index contributed by atoms with van der Waals surface area (Å²) in [6.45, 7) is 2.77. The average molecular weight is 395 g/mol. The molecule has 1 aromatic carbocycles. The molecule has 0 fully saturated rings. The summed E-state index contributed by atoms with van der Waals surface area (Å²) in [6, 6.07) is 5.81. The van der Waals surface area contributed by atoms with E-state index in [1.54, 1.807) is 12.4 Å². The summed E-state index contributed by atoms with van der Waals surface area (Å²) in [6.07, 6.45) is 11.7. The Morgan fingerprint density at radius 2 is 2.00 bits per heavy atom. The van der Waals surface area contributed by atoms with Gasteiger partial charge in [0.1, 0.15) is 0 Å². The normalized spacial score (nSPS) is 14.0. The number of hydrogen-bond donors (Lipinski definition) is 2.